The van der Waals surface area contributed by atoms with Crippen LogP contribution in [0.25, 0.3) is 0 Å². The van der Waals surface area contributed by atoms with Gasteiger partial charge in [0.05, 0.1) is 5.92 Å². The minimum absolute atomic E-state index is 0.0470. The average Bonchev–Trinajstić information content (AvgIpc) is 2.78. The van der Waals surface area contributed by atoms with Crippen molar-refractivity contribution in [1.82, 2.24) is 5.32 Å². The van der Waals surface area contributed by atoms with Crippen LogP contribution in [0.3, 0.4) is 0 Å². The summed E-state index contributed by atoms with van der Waals surface area (Å²) < 4.78 is 6.40. The SMILES string of the molecule is CCCCCCCCC(CCCCCC)C(=O)OC1(c2ccccc2)CCNCC1. The first-order chi connectivity index (χ1) is 14.7. The lowest BCUT2D eigenvalue weighted by Gasteiger charge is -2.38. The van der Waals surface area contributed by atoms with Crippen molar-refractivity contribution in [1.29, 1.82) is 0 Å². The van der Waals surface area contributed by atoms with Gasteiger partial charge in [-0.3, -0.25) is 4.79 Å². The summed E-state index contributed by atoms with van der Waals surface area (Å²) in [6.45, 7) is 6.30. The Bertz CT molecular complexity index is 565. The molecule has 1 N–H and O–H groups in total. The van der Waals surface area contributed by atoms with Gasteiger partial charge in [-0.2, -0.15) is 0 Å². The zero-order valence-corrected chi connectivity index (χ0v) is 19.6. The molecule has 0 spiro atoms. The van der Waals surface area contributed by atoms with Crippen LogP contribution in [0.1, 0.15) is 109 Å². The highest BCUT2D eigenvalue weighted by molar-refractivity contribution is 5.73. The predicted molar refractivity (Wildman–Crippen MR) is 127 cm³/mol. The Morgan fingerprint density at radius 1 is 0.867 bits per heavy atom. The fourth-order valence-electron chi connectivity index (χ4n) is 4.67. The molecule has 1 aromatic rings. The monoisotopic (exact) mass is 415 g/mol. The second kappa shape index (κ2) is 14.6. The normalized spacial score (nSPS) is 16.9. The molecule has 0 aromatic heterocycles. The minimum Gasteiger partial charge on any atom is -0.454 e. The molecular weight excluding hydrogens is 370 g/mol. The molecule has 1 aliphatic heterocycles. The maximum atomic E-state index is 13.4. The van der Waals surface area contributed by atoms with Gasteiger partial charge in [0, 0.05) is 12.8 Å². The van der Waals surface area contributed by atoms with Gasteiger partial charge in [-0.05, 0) is 31.5 Å². The molecule has 3 nitrogen and oxygen atoms in total. The maximum Gasteiger partial charge on any atom is 0.309 e. The first-order valence-electron chi connectivity index (χ1n) is 12.7. The van der Waals surface area contributed by atoms with Crippen LogP contribution in [0.15, 0.2) is 30.3 Å². The second-order valence-electron chi connectivity index (χ2n) is 9.13. The quantitative estimate of drug-likeness (QED) is 0.244. The van der Waals surface area contributed by atoms with Gasteiger partial charge >= 0.3 is 5.97 Å². The number of carbonyl (C=O) groups is 1. The van der Waals surface area contributed by atoms with Crippen LogP contribution in [0, 0.1) is 5.92 Å². The summed E-state index contributed by atoms with van der Waals surface area (Å²) in [7, 11) is 0. The molecule has 1 heterocycles. The molecule has 1 saturated heterocycles. The lowest BCUT2D eigenvalue weighted by atomic mass is 9.84. The van der Waals surface area contributed by atoms with Gasteiger partial charge in [-0.15, -0.1) is 0 Å². The number of benzene rings is 1. The van der Waals surface area contributed by atoms with E-state index in [0.29, 0.717) is 0 Å². The zero-order valence-electron chi connectivity index (χ0n) is 19.6. The van der Waals surface area contributed by atoms with E-state index >= 15 is 0 Å². The second-order valence-corrected chi connectivity index (χ2v) is 9.13. The summed E-state index contributed by atoms with van der Waals surface area (Å²) in [5.41, 5.74) is 0.705. The number of hydrogen-bond donors (Lipinski definition) is 1. The van der Waals surface area contributed by atoms with E-state index in [9.17, 15) is 4.79 Å². The molecule has 0 radical (unpaired) electrons. The number of piperidine rings is 1. The van der Waals surface area contributed by atoms with Crippen molar-refractivity contribution in [2.75, 3.05) is 13.1 Å². The Morgan fingerprint density at radius 2 is 1.40 bits per heavy atom. The third-order valence-electron chi connectivity index (χ3n) is 6.65. The molecule has 0 bridgehead atoms. The topological polar surface area (TPSA) is 38.3 Å². The van der Waals surface area contributed by atoms with Gasteiger partial charge in [-0.1, -0.05) is 108 Å². The Hall–Kier alpha value is -1.35. The third kappa shape index (κ3) is 8.41. The van der Waals surface area contributed by atoms with Crippen molar-refractivity contribution in [2.45, 2.75) is 109 Å². The summed E-state index contributed by atoms with van der Waals surface area (Å²) in [5, 5.41) is 3.43. The fourth-order valence-corrected chi connectivity index (χ4v) is 4.67. The van der Waals surface area contributed by atoms with Crippen LogP contribution >= 0.6 is 0 Å². The van der Waals surface area contributed by atoms with Crippen LogP contribution in [0.2, 0.25) is 0 Å². The third-order valence-corrected chi connectivity index (χ3v) is 6.65. The molecule has 30 heavy (non-hydrogen) atoms. The highest BCUT2D eigenvalue weighted by atomic mass is 16.6. The molecule has 0 saturated carbocycles. The summed E-state index contributed by atoms with van der Waals surface area (Å²) in [6.07, 6.45) is 16.2. The molecular formula is C27H45NO2. The van der Waals surface area contributed by atoms with Gasteiger partial charge in [0.25, 0.3) is 0 Å². The van der Waals surface area contributed by atoms with E-state index in [0.717, 1.165) is 57.2 Å². The number of hydrogen-bond acceptors (Lipinski definition) is 3. The molecule has 0 amide bonds. The Kier molecular flexibility index (Phi) is 12.1. The molecule has 1 aromatic carbocycles. The maximum absolute atomic E-state index is 13.4. The summed E-state index contributed by atoms with van der Waals surface area (Å²) in [5.74, 6) is 0.106. The van der Waals surface area contributed by atoms with Gasteiger partial charge < -0.3 is 10.1 Å². The van der Waals surface area contributed by atoms with Crippen molar-refractivity contribution < 1.29 is 9.53 Å². The van der Waals surface area contributed by atoms with Gasteiger partial charge in [-0.25, -0.2) is 0 Å². The van der Waals surface area contributed by atoms with E-state index in [1.807, 2.05) is 6.07 Å². The first kappa shape index (κ1) is 24.9. The molecule has 1 fully saturated rings. The highest BCUT2D eigenvalue weighted by Crippen LogP contribution is 2.36. The largest absolute Gasteiger partial charge is 0.454 e. The molecule has 170 valence electrons. The van der Waals surface area contributed by atoms with E-state index in [1.165, 1.54) is 51.4 Å². The number of esters is 1. The Morgan fingerprint density at radius 3 is 2.00 bits per heavy atom. The number of ether oxygens (including phenoxy) is 1. The van der Waals surface area contributed by atoms with Crippen LogP contribution < -0.4 is 5.32 Å². The van der Waals surface area contributed by atoms with Gasteiger partial charge in [0.1, 0.15) is 5.60 Å². The highest BCUT2D eigenvalue weighted by Gasteiger charge is 2.39. The van der Waals surface area contributed by atoms with Gasteiger partial charge in [0.15, 0.2) is 0 Å². The average molecular weight is 416 g/mol. The van der Waals surface area contributed by atoms with Gasteiger partial charge in [0.2, 0.25) is 0 Å². The predicted octanol–water partition coefficient (Wildman–Crippen LogP) is 7.15. The fraction of sp³-hybridized carbons (Fsp3) is 0.741. The number of unbranched alkanes of at least 4 members (excludes halogenated alkanes) is 8. The molecule has 2 rings (SSSR count). The molecule has 1 aliphatic rings. The summed E-state index contributed by atoms with van der Waals surface area (Å²) in [6, 6.07) is 10.4. The lowest BCUT2D eigenvalue weighted by molar-refractivity contribution is -0.170. The summed E-state index contributed by atoms with van der Waals surface area (Å²) >= 11 is 0. The van der Waals surface area contributed by atoms with Crippen molar-refractivity contribution in [3.63, 3.8) is 0 Å². The summed E-state index contributed by atoms with van der Waals surface area (Å²) in [4.78, 5) is 13.4. The lowest BCUT2D eigenvalue weighted by Crippen LogP contribution is -2.44. The van der Waals surface area contributed by atoms with E-state index in [4.69, 9.17) is 4.74 Å². The van der Waals surface area contributed by atoms with E-state index < -0.39 is 5.60 Å². The number of carbonyl (C=O) groups excluding carboxylic acids is 1. The van der Waals surface area contributed by atoms with Crippen molar-refractivity contribution in [3.8, 4) is 0 Å². The smallest absolute Gasteiger partial charge is 0.309 e. The standard InChI is InChI=1S/C27H45NO2/c1-3-5-7-9-10-13-17-24(16-12-8-6-4-2)26(29)30-27(20-22-28-23-21-27)25-18-14-11-15-19-25/h11,14-15,18-19,24,28H,3-10,12-13,16-17,20-23H2,1-2H3. The first-order valence-corrected chi connectivity index (χ1v) is 12.7. The van der Waals surface area contributed by atoms with Crippen LogP contribution in [-0.2, 0) is 15.1 Å². The zero-order chi connectivity index (χ0) is 21.5. The Balaban J connectivity index is 1.98. The number of rotatable bonds is 15. The van der Waals surface area contributed by atoms with Crippen LogP contribution in [-0.4, -0.2) is 19.1 Å². The molecule has 0 aliphatic carbocycles. The van der Waals surface area contributed by atoms with Crippen molar-refractivity contribution in [2.24, 2.45) is 5.92 Å². The van der Waals surface area contributed by atoms with E-state index in [-0.39, 0.29) is 11.9 Å². The minimum atomic E-state index is -0.452. The van der Waals surface area contributed by atoms with Crippen LogP contribution in [0.5, 0.6) is 0 Å². The van der Waals surface area contributed by atoms with Crippen LogP contribution in [0.4, 0.5) is 0 Å². The van der Waals surface area contributed by atoms with E-state index in [1.54, 1.807) is 0 Å². The Labute approximate surface area is 185 Å². The van der Waals surface area contributed by atoms with Crippen molar-refractivity contribution >= 4 is 5.97 Å². The number of nitrogens with one attached hydrogen (secondary N) is 1. The molecule has 1 atom stereocenters. The van der Waals surface area contributed by atoms with E-state index in [2.05, 4.69) is 43.4 Å². The molecule has 3 heteroatoms. The van der Waals surface area contributed by atoms with Crippen molar-refractivity contribution in [3.05, 3.63) is 35.9 Å². The molecule has 1 unspecified atom stereocenters.